The van der Waals surface area contributed by atoms with Gasteiger partial charge in [0.15, 0.2) is 0 Å². The number of fused-ring (bicyclic) bond motifs is 1. The number of anilines is 1. The highest BCUT2D eigenvalue weighted by molar-refractivity contribution is 5.77. The predicted octanol–water partition coefficient (Wildman–Crippen LogP) is 3.68. The molecule has 1 unspecified atom stereocenters. The molecule has 4 rings (SSSR count). The number of halogens is 1. The van der Waals surface area contributed by atoms with Crippen LogP contribution in [0, 0.1) is 23.2 Å². The molecule has 0 spiro atoms. The Morgan fingerprint density at radius 1 is 1.39 bits per heavy atom. The molecule has 8 heteroatoms. The fourth-order valence-corrected chi connectivity index (χ4v) is 5.11. The first-order valence-electron chi connectivity index (χ1n) is 11.1. The van der Waals surface area contributed by atoms with Crippen LogP contribution in [-0.2, 0) is 0 Å². The summed E-state index contributed by atoms with van der Waals surface area (Å²) >= 11 is 0. The van der Waals surface area contributed by atoms with Crippen LogP contribution in [-0.4, -0.2) is 33.2 Å². The van der Waals surface area contributed by atoms with Crippen molar-refractivity contribution in [3.63, 3.8) is 0 Å². The van der Waals surface area contributed by atoms with E-state index in [9.17, 15) is 14.4 Å². The van der Waals surface area contributed by atoms with Crippen molar-refractivity contribution in [3.8, 4) is 6.07 Å². The number of hydrogen-bond donors (Lipinski definition) is 2. The number of pyridine rings is 1. The summed E-state index contributed by atoms with van der Waals surface area (Å²) in [6.45, 7) is 8.40. The zero-order valence-electron chi connectivity index (χ0n) is 18.1. The van der Waals surface area contributed by atoms with E-state index in [1.54, 1.807) is 16.8 Å². The Balaban J connectivity index is 1.64. The van der Waals surface area contributed by atoms with Gasteiger partial charge in [-0.15, -0.1) is 0 Å². The summed E-state index contributed by atoms with van der Waals surface area (Å²) in [6.07, 6.45) is 6.50. The summed E-state index contributed by atoms with van der Waals surface area (Å²) in [5.41, 5.74) is 0.400. The van der Waals surface area contributed by atoms with E-state index in [0.717, 1.165) is 38.6 Å². The van der Waals surface area contributed by atoms with Crippen molar-refractivity contribution in [2.75, 3.05) is 11.9 Å². The molecule has 7 nitrogen and oxygen atoms in total. The number of aromatic nitrogens is 3. The number of rotatable bonds is 6. The number of hydrogen-bond acceptors (Lipinski definition) is 6. The molecule has 0 bridgehead atoms. The topological polar surface area (TPSA) is 95.6 Å². The molecular formula is C23H29FN6O. The molecule has 1 aliphatic carbocycles. The lowest BCUT2D eigenvalue weighted by molar-refractivity contribution is 0.293. The Bertz CT molecular complexity index is 1080. The van der Waals surface area contributed by atoms with Gasteiger partial charge in [-0.25, -0.2) is 9.37 Å². The van der Waals surface area contributed by atoms with Crippen LogP contribution < -0.4 is 16.2 Å². The highest BCUT2D eigenvalue weighted by Crippen LogP contribution is 2.32. The third-order valence-electron chi connectivity index (χ3n) is 7.01. The summed E-state index contributed by atoms with van der Waals surface area (Å²) < 4.78 is 15.5. The van der Waals surface area contributed by atoms with Crippen LogP contribution in [0.15, 0.2) is 29.5 Å². The summed E-state index contributed by atoms with van der Waals surface area (Å²) in [7, 11) is 0. The molecule has 2 aliphatic rings. The molecule has 2 N–H and O–H groups in total. The maximum atomic E-state index is 13.8. The van der Waals surface area contributed by atoms with Crippen molar-refractivity contribution in [1.29, 1.82) is 5.26 Å². The largest absolute Gasteiger partial charge is 0.351 e. The molecule has 31 heavy (non-hydrogen) atoms. The van der Waals surface area contributed by atoms with Crippen LogP contribution in [0.25, 0.3) is 11.0 Å². The van der Waals surface area contributed by atoms with Gasteiger partial charge in [-0.3, -0.25) is 9.36 Å². The van der Waals surface area contributed by atoms with Crippen LogP contribution in [0.5, 0.6) is 0 Å². The molecule has 1 saturated carbocycles. The number of nitriles is 1. The molecule has 1 saturated heterocycles. The Labute approximate surface area is 181 Å². The molecule has 164 valence electrons. The van der Waals surface area contributed by atoms with Gasteiger partial charge in [-0.1, -0.05) is 26.3 Å². The molecule has 0 radical (unpaired) electrons. The fraction of sp³-hybridized carbons (Fsp3) is 0.565. The molecule has 1 aliphatic heterocycles. The van der Waals surface area contributed by atoms with Gasteiger partial charge in [-0.2, -0.15) is 10.2 Å². The standard InChI is InChI=1S/C23H29FN6O/c1-13(19-8-9-26-20(19)14(2)24)15(3)28-23-27-12-17-10-16(11-25)22(31)30(21(17)29-23)18-6-4-5-7-18/h10,12-13,15,18-20,26H,2,4-9H2,1,3H3,(H,27,28,29)/t13-,15+,19+,20?/m1/s1. The fourth-order valence-electron chi connectivity index (χ4n) is 5.11. The lowest BCUT2D eigenvalue weighted by Crippen LogP contribution is -2.37. The minimum absolute atomic E-state index is 0.00534. The monoisotopic (exact) mass is 424 g/mol. The Hall–Kier alpha value is -2.79. The smallest absolute Gasteiger partial charge is 0.270 e. The molecule has 3 heterocycles. The average Bonchev–Trinajstić information content (AvgIpc) is 3.45. The van der Waals surface area contributed by atoms with Gasteiger partial charge in [0, 0.05) is 23.7 Å². The normalized spacial score (nSPS) is 23.5. The minimum atomic E-state index is -0.325. The zero-order chi connectivity index (χ0) is 22.1. The first-order valence-corrected chi connectivity index (χ1v) is 11.1. The van der Waals surface area contributed by atoms with E-state index in [2.05, 4.69) is 34.1 Å². The maximum absolute atomic E-state index is 13.8. The van der Waals surface area contributed by atoms with Crippen molar-refractivity contribution in [3.05, 3.63) is 40.6 Å². The van der Waals surface area contributed by atoms with E-state index in [1.165, 1.54) is 0 Å². The lowest BCUT2D eigenvalue weighted by atomic mass is 9.83. The van der Waals surface area contributed by atoms with Crippen LogP contribution in [0.4, 0.5) is 10.3 Å². The molecule has 0 amide bonds. The van der Waals surface area contributed by atoms with Crippen LogP contribution in [0.3, 0.4) is 0 Å². The van der Waals surface area contributed by atoms with Gasteiger partial charge < -0.3 is 10.6 Å². The van der Waals surface area contributed by atoms with Gasteiger partial charge >= 0.3 is 0 Å². The van der Waals surface area contributed by atoms with E-state index in [0.29, 0.717) is 17.0 Å². The van der Waals surface area contributed by atoms with Crippen molar-refractivity contribution < 1.29 is 4.39 Å². The van der Waals surface area contributed by atoms with Crippen LogP contribution in [0.1, 0.15) is 57.6 Å². The van der Waals surface area contributed by atoms with Gasteiger partial charge in [0.05, 0.1) is 6.04 Å². The van der Waals surface area contributed by atoms with Crippen LogP contribution >= 0.6 is 0 Å². The van der Waals surface area contributed by atoms with Crippen LogP contribution in [0.2, 0.25) is 0 Å². The van der Waals surface area contributed by atoms with Gasteiger partial charge in [-0.05, 0) is 50.6 Å². The van der Waals surface area contributed by atoms with E-state index in [4.69, 9.17) is 0 Å². The third-order valence-corrected chi connectivity index (χ3v) is 7.01. The first kappa shape index (κ1) is 21.4. The van der Waals surface area contributed by atoms with E-state index < -0.39 is 0 Å². The minimum Gasteiger partial charge on any atom is -0.351 e. The summed E-state index contributed by atoms with van der Waals surface area (Å²) in [4.78, 5) is 22.0. The quantitative estimate of drug-likeness (QED) is 0.735. The Morgan fingerprint density at radius 2 is 2.13 bits per heavy atom. The van der Waals surface area contributed by atoms with Gasteiger partial charge in [0.25, 0.3) is 5.56 Å². The van der Waals surface area contributed by atoms with E-state index in [1.807, 2.05) is 13.0 Å². The Morgan fingerprint density at radius 3 is 2.81 bits per heavy atom. The van der Waals surface area contributed by atoms with Crippen molar-refractivity contribution in [2.45, 2.75) is 64.1 Å². The molecule has 2 fully saturated rings. The summed E-state index contributed by atoms with van der Waals surface area (Å²) in [6, 6.07) is 3.31. The highest BCUT2D eigenvalue weighted by Gasteiger charge is 2.35. The SMILES string of the molecule is C=C(F)C1NCC[C@H]1[C@H](C)[C@H](C)Nc1ncc2cc(C#N)c(=O)n(C3CCCC3)c2n1. The second kappa shape index (κ2) is 8.75. The first-order chi connectivity index (χ1) is 14.9. The zero-order valence-corrected chi connectivity index (χ0v) is 18.1. The van der Waals surface area contributed by atoms with Crippen molar-refractivity contribution in [2.24, 2.45) is 11.8 Å². The second-order valence-corrected chi connectivity index (χ2v) is 8.88. The molecule has 4 atom stereocenters. The van der Waals surface area contributed by atoms with E-state index >= 15 is 0 Å². The van der Waals surface area contributed by atoms with Gasteiger partial charge in [0.1, 0.15) is 23.1 Å². The summed E-state index contributed by atoms with van der Waals surface area (Å²) in [5, 5.41) is 16.6. The van der Waals surface area contributed by atoms with Crippen molar-refractivity contribution >= 4 is 17.0 Å². The lowest BCUT2D eigenvalue weighted by Gasteiger charge is -2.30. The number of nitrogens with one attached hydrogen (secondary N) is 2. The highest BCUT2D eigenvalue weighted by atomic mass is 19.1. The summed E-state index contributed by atoms with van der Waals surface area (Å²) in [5.74, 6) is 0.404. The Kier molecular flexibility index (Phi) is 6.05. The second-order valence-electron chi connectivity index (χ2n) is 8.88. The van der Waals surface area contributed by atoms with E-state index in [-0.39, 0.29) is 46.9 Å². The number of nitrogens with zero attached hydrogens (tertiary/aromatic N) is 4. The molecule has 2 aromatic heterocycles. The van der Waals surface area contributed by atoms with Crippen molar-refractivity contribution in [1.82, 2.24) is 19.9 Å². The third kappa shape index (κ3) is 4.07. The average molecular weight is 425 g/mol. The molecule has 0 aromatic carbocycles. The maximum Gasteiger partial charge on any atom is 0.270 e. The van der Waals surface area contributed by atoms with Gasteiger partial charge in [0.2, 0.25) is 5.95 Å². The molecular weight excluding hydrogens is 395 g/mol. The molecule has 2 aromatic rings. The predicted molar refractivity (Wildman–Crippen MR) is 118 cm³/mol.